The highest BCUT2D eigenvalue weighted by molar-refractivity contribution is 6.32. The second-order valence-electron chi connectivity index (χ2n) is 4.50. The van der Waals surface area contributed by atoms with Gasteiger partial charge in [-0.05, 0) is 36.4 Å². The maximum atomic E-state index is 12.3. The van der Waals surface area contributed by atoms with E-state index in [4.69, 9.17) is 21.6 Å². The molecule has 0 radical (unpaired) electrons. The lowest BCUT2D eigenvalue weighted by Gasteiger charge is -2.11. The van der Waals surface area contributed by atoms with Gasteiger partial charge in [-0.2, -0.15) is 14.0 Å². The summed E-state index contributed by atoms with van der Waals surface area (Å²) in [5.74, 6) is -0.677. The van der Waals surface area contributed by atoms with Crippen LogP contribution in [0.5, 0.6) is 11.5 Å². The van der Waals surface area contributed by atoms with Gasteiger partial charge < -0.3 is 14.8 Å². The first-order valence-corrected chi connectivity index (χ1v) is 6.96. The summed E-state index contributed by atoms with van der Waals surface area (Å²) < 4.78 is 33.8. The van der Waals surface area contributed by atoms with Gasteiger partial charge >= 0.3 is 6.61 Å². The second kappa shape index (κ2) is 7.62. The van der Waals surface area contributed by atoms with E-state index in [-0.39, 0.29) is 27.6 Å². The van der Waals surface area contributed by atoms with E-state index in [2.05, 4.69) is 10.1 Å². The fourth-order valence-corrected chi connectivity index (χ4v) is 2.11. The predicted octanol–water partition coefficient (Wildman–Crippen LogP) is 4.07. The number of anilines is 1. The molecule has 0 aromatic heterocycles. The lowest BCUT2D eigenvalue weighted by atomic mass is 10.1. The molecule has 0 spiro atoms. The van der Waals surface area contributed by atoms with Crippen LogP contribution < -0.4 is 14.8 Å². The van der Waals surface area contributed by atoms with Gasteiger partial charge in [-0.3, -0.25) is 4.79 Å². The molecular formula is C16H11ClF2N2O3. The number of hydrogen-bond acceptors (Lipinski definition) is 4. The molecule has 2 aromatic carbocycles. The molecule has 1 N–H and O–H groups in total. The number of benzene rings is 2. The van der Waals surface area contributed by atoms with Gasteiger partial charge in [-0.1, -0.05) is 11.6 Å². The molecule has 2 rings (SSSR count). The molecule has 0 heterocycles. The van der Waals surface area contributed by atoms with Crippen LogP contribution in [-0.2, 0) is 0 Å². The minimum Gasteiger partial charge on any atom is -0.493 e. The van der Waals surface area contributed by atoms with Gasteiger partial charge in [0.1, 0.15) is 6.07 Å². The van der Waals surface area contributed by atoms with Gasteiger partial charge in [-0.15, -0.1) is 0 Å². The fourth-order valence-electron chi connectivity index (χ4n) is 1.89. The van der Waals surface area contributed by atoms with E-state index in [9.17, 15) is 13.6 Å². The molecule has 24 heavy (non-hydrogen) atoms. The largest absolute Gasteiger partial charge is 0.493 e. The van der Waals surface area contributed by atoms with Gasteiger partial charge in [0.15, 0.2) is 11.5 Å². The van der Waals surface area contributed by atoms with E-state index in [1.54, 1.807) is 0 Å². The van der Waals surface area contributed by atoms with Crippen molar-refractivity contribution in [3.63, 3.8) is 0 Å². The average molecular weight is 353 g/mol. The number of carbonyl (C=O) groups excluding carboxylic acids is 1. The van der Waals surface area contributed by atoms with Gasteiger partial charge in [0.2, 0.25) is 0 Å². The molecule has 0 aliphatic rings. The predicted molar refractivity (Wildman–Crippen MR) is 83.7 cm³/mol. The van der Waals surface area contributed by atoms with Crippen molar-refractivity contribution in [3.05, 3.63) is 52.5 Å². The number of nitriles is 1. The van der Waals surface area contributed by atoms with Gasteiger partial charge in [0.05, 0.1) is 17.7 Å². The number of carbonyl (C=O) groups is 1. The average Bonchev–Trinajstić information content (AvgIpc) is 2.54. The smallest absolute Gasteiger partial charge is 0.387 e. The van der Waals surface area contributed by atoms with Crippen LogP contribution in [0.3, 0.4) is 0 Å². The molecule has 1 amide bonds. The number of halogens is 3. The first kappa shape index (κ1) is 17.5. The third-order valence-electron chi connectivity index (χ3n) is 2.99. The number of methoxy groups -OCH3 is 1. The molecule has 5 nitrogen and oxygen atoms in total. The normalized spacial score (nSPS) is 10.2. The second-order valence-corrected chi connectivity index (χ2v) is 4.91. The molecular weight excluding hydrogens is 342 g/mol. The molecule has 2 aromatic rings. The third-order valence-corrected chi connectivity index (χ3v) is 3.30. The number of ether oxygens (including phenoxy) is 2. The highest BCUT2D eigenvalue weighted by Crippen LogP contribution is 2.30. The first-order chi connectivity index (χ1) is 11.4. The van der Waals surface area contributed by atoms with E-state index < -0.39 is 12.5 Å². The van der Waals surface area contributed by atoms with Crippen molar-refractivity contribution < 1.29 is 23.0 Å². The molecule has 0 bridgehead atoms. The molecule has 0 saturated heterocycles. The van der Waals surface area contributed by atoms with Crippen molar-refractivity contribution in [1.29, 1.82) is 5.26 Å². The summed E-state index contributed by atoms with van der Waals surface area (Å²) in [6, 6.07) is 10.1. The van der Waals surface area contributed by atoms with Crippen LogP contribution in [0.2, 0.25) is 5.02 Å². The number of amides is 1. The number of nitrogens with one attached hydrogen (secondary N) is 1. The van der Waals surface area contributed by atoms with E-state index in [0.717, 1.165) is 0 Å². The summed E-state index contributed by atoms with van der Waals surface area (Å²) in [4.78, 5) is 12.2. The zero-order valence-electron chi connectivity index (χ0n) is 12.3. The maximum absolute atomic E-state index is 12.3. The number of hydrogen-bond donors (Lipinski definition) is 1. The quantitative estimate of drug-likeness (QED) is 0.880. The van der Waals surface area contributed by atoms with Crippen molar-refractivity contribution in [1.82, 2.24) is 0 Å². The summed E-state index contributed by atoms with van der Waals surface area (Å²) in [5, 5.41) is 11.6. The summed E-state index contributed by atoms with van der Waals surface area (Å²) in [6.07, 6.45) is 0. The van der Waals surface area contributed by atoms with Crippen molar-refractivity contribution in [2.24, 2.45) is 0 Å². The SMILES string of the molecule is COc1cc(C(=O)Nc2ccc(C#N)c(Cl)c2)ccc1OC(F)F. The zero-order valence-corrected chi connectivity index (χ0v) is 13.1. The standard InChI is InChI=1S/C16H11ClF2N2O3/c1-23-14-6-9(3-5-13(14)24-16(18)19)15(22)21-11-4-2-10(8-20)12(17)7-11/h2-7,16H,1H3,(H,21,22). The molecule has 0 saturated carbocycles. The lowest BCUT2D eigenvalue weighted by Crippen LogP contribution is -2.12. The Morgan fingerprint density at radius 1 is 1.25 bits per heavy atom. The third kappa shape index (κ3) is 4.12. The Labute approximate surface area is 141 Å². The summed E-state index contributed by atoms with van der Waals surface area (Å²) in [7, 11) is 1.27. The summed E-state index contributed by atoms with van der Waals surface area (Å²) >= 11 is 5.89. The molecule has 0 fully saturated rings. The lowest BCUT2D eigenvalue weighted by molar-refractivity contribution is -0.0512. The Morgan fingerprint density at radius 3 is 2.58 bits per heavy atom. The maximum Gasteiger partial charge on any atom is 0.387 e. The van der Waals surface area contributed by atoms with Gasteiger partial charge in [-0.25, -0.2) is 0 Å². The zero-order chi connectivity index (χ0) is 17.7. The van der Waals surface area contributed by atoms with Gasteiger partial charge in [0, 0.05) is 11.3 Å². The molecule has 0 unspecified atom stereocenters. The van der Waals surface area contributed by atoms with Gasteiger partial charge in [0.25, 0.3) is 5.91 Å². The Bertz CT molecular complexity index is 806. The minimum absolute atomic E-state index is 0.000751. The number of nitrogens with zero attached hydrogens (tertiary/aromatic N) is 1. The van der Waals surface area contributed by atoms with Crippen LogP contribution in [0, 0.1) is 11.3 Å². The monoisotopic (exact) mass is 352 g/mol. The van der Waals surface area contributed by atoms with Crippen LogP contribution in [0.1, 0.15) is 15.9 Å². The van der Waals surface area contributed by atoms with Crippen LogP contribution >= 0.6 is 11.6 Å². The summed E-state index contributed by atoms with van der Waals surface area (Å²) in [6.45, 7) is -3.00. The van der Waals surface area contributed by atoms with Crippen LogP contribution in [0.15, 0.2) is 36.4 Å². The Morgan fingerprint density at radius 2 is 2.00 bits per heavy atom. The van der Waals surface area contributed by atoms with E-state index >= 15 is 0 Å². The Balaban J connectivity index is 2.21. The molecule has 8 heteroatoms. The van der Waals surface area contributed by atoms with Crippen molar-refractivity contribution in [2.75, 3.05) is 12.4 Å². The molecule has 0 atom stereocenters. The highest BCUT2D eigenvalue weighted by atomic mass is 35.5. The van der Waals surface area contributed by atoms with Crippen molar-refractivity contribution in [2.45, 2.75) is 6.61 Å². The topological polar surface area (TPSA) is 71.3 Å². The first-order valence-electron chi connectivity index (χ1n) is 6.58. The highest BCUT2D eigenvalue weighted by Gasteiger charge is 2.14. The van der Waals surface area contributed by atoms with E-state index in [1.165, 1.54) is 43.5 Å². The van der Waals surface area contributed by atoms with E-state index in [0.29, 0.717) is 5.69 Å². The molecule has 0 aliphatic carbocycles. The minimum atomic E-state index is -3.00. The molecule has 0 aliphatic heterocycles. The van der Waals surface area contributed by atoms with Crippen LogP contribution in [0.25, 0.3) is 0 Å². The Kier molecular flexibility index (Phi) is 5.55. The van der Waals surface area contributed by atoms with Crippen molar-refractivity contribution >= 4 is 23.2 Å². The summed E-state index contributed by atoms with van der Waals surface area (Å²) in [5.41, 5.74) is 0.842. The molecule has 124 valence electrons. The number of rotatable bonds is 5. The number of alkyl halides is 2. The van der Waals surface area contributed by atoms with Crippen LogP contribution in [0.4, 0.5) is 14.5 Å². The Hall–Kier alpha value is -2.85. The fraction of sp³-hybridized carbons (Fsp3) is 0.125. The van der Waals surface area contributed by atoms with Crippen molar-refractivity contribution in [3.8, 4) is 17.6 Å². The van der Waals surface area contributed by atoms with E-state index in [1.807, 2.05) is 6.07 Å². The van der Waals surface area contributed by atoms with Crippen LogP contribution in [-0.4, -0.2) is 19.6 Å².